The van der Waals surface area contributed by atoms with Crippen molar-refractivity contribution in [2.24, 2.45) is 0 Å². The van der Waals surface area contributed by atoms with Crippen LogP contribution < -0.4 is 0 Å². The fourth-order valence-electron chi connectivity index (χ4n) is 2.48. The zero-order valence-corrected chi connectivity index (χ0v) is 11.2. The summed E-state index contributed by atoms with van der Waals surface area (Å²) in [6, 6.07) is 5.33. The quantitative estimate of drug-likeness (QED) is 0.626. The second-order valence-corrected chi connectivity index (χ2v) is 4.99. The molecule has 0 amide bonds. The predicted molar refractivity (Wildman–Crippen MR) is 73.4 cm³/mol. The van der Waals surface area contributed by atoms with Gasteiger partial charge in [-0.15, -0.1) is 0 Å². The van der Waals surface area contributed by atoms with Crippen LogP contribution in [0.1, 0.15) is 23.1 Å². The molecule has 20 heavy (non-hydrogen) atoms. The number of allylic oxidation sites excluding steroid dienone is 1. The lowest BCUT2D eigenvalue weighted by molar-refractivity contribution is -0.565. The Labute approximate surface area is 115 Å². The van der Waals surface area contributed by atoms with Crippen LogP contribution in [0, 0.1) is 34.1 Å². The lowest BCUT2D eigenvalue weighted by Gasteiger charge is -2.23. The molecule has 0 saturated heterocycles. The zero-order valence-electron chi connectivity index (χ0n) is 11.2. The van der Waals surface area contributed by atoms with Crippen molar-refractivity contribution >= 4 is 0 Å². The summed E-state index contributed by atoms with van der Waals surface area (Å²) >= 11 is 0. The van der Waals surface area contributed by atoms with Gasteiger partial charge in [-0.05, 0) is 26.0 Å². The second-order valence-electron chi connectivity index (χ2n) is 4.99. The monoisotopic (exact) mass is 274 g/mol. The summed E-state index contributed by atoms with van der Waals surface area (Å²) < 4.78 is 0. The van der Waals surface area contributed by atoms with E-state index in [4.69, 9.17) is 0 Å². The highest BCUT2D eigenvalue weighted by Gasteiger charge is 2.45. The standard InChI is InChI=1S/C14H14N2O4/c1-10-6-11(2)8-12(7-10)14(16(19)20)5-3-4-13(9-14)15(17)18/h3-4,6-9H,5H2,1-2H3. The first-order valence-electron chi connectivity index (χ1n) is 6.12. The van der Waals surface area contributed by atoms with E-state index in [1.165, 1.54) is 12.2 Å². The van der Waals surface area contributed by atoms with Gasteiger partial charge in [-0.2, -0.15) is 0 Å². The molecule has 0 bridgehead atoms. The predicted octanol–water partition coefficient (Wildman–Crippen LogP) is 2.90. The third-order valence-electron chi connectivity index (χ3n) is 3.36. The Morgan fingerprint density at radius 2 is 1.70 bits per heavy atom. The van der Waals surface area contributed by atoms with Crippen LogP contribution in [-0.4, -0.2) is 9.85 Å². The summed E-state index contributed by atoms with van der Waals surface area (Å²) in [6.07, 6.45) is 4.05. The van der Waals surface area contributed by atoms with Crippen LogP contribution in [0.15, 0.2) is 42.1 Å². The Hall–Kier alpha value is -2.50. The van der Waals surface area contributed by atoms with Crippen molar-refractivity contribution in [2.75, 3.05) is 0 Å². The van der Waals surface area contributed by atoms with Crippen LogP contribution in [-0.2, 0) is 5.54 Å². The van der Waals surface area contributed by atoms with Crippen molar-refractivity contribution in [1.29, 1.82) is 0 Å². The average molecular weight is 274 g/mol. The van der Waals surface area contributed by atoms with Crippen molar-refractivity contribution in [3.63, 3.8) is 0 Å². The van der Waals surface area contributed by atoms with Gasteiger partial charge in [0.2, 0.25) is 0 Å². The van der Waals surface area contributed by atoms with Crippen molar-refractivity contribution < 1.29 is 9.85 Å². The number of nitro groups is 2. The van der Waals surface area contributed by atoms with E-state index < -0.39 is 15.4 Å². The van der Waals surface area contributed by atoms with Crippen LogP contribution >= 0.6 is 0 Å². The molecule has 104 valence electrons. The highest BCUT2D eigenvalue weighted by Crippen LogP contribution is 2.36. The molecular formula is C14H14N2O4. The minimum atomic E-state index is -1.56. The highest BCUT2D eigenvalue weighted by atomic mass is 16.6. The van der Waals surface area contributed by atoms with Gasteiger partial charge < -0.3 is 0 Å². The molecule has 1 aliphatic rings. The van der Waals surface area contributed by atoms with Crippen molar-refractivity contribution in [1.82, 2.24) is 0 Å². The lowest BCUT2D eigenvalue weighted by Crippen LogP contribution is -2.35. The molecule has 0 aliphatic heterocycles. The summed E-state index contributed by atoms with van der Waals surface area (Å²) in [7, 11) is 0. The molecule has 0 heterocycles. The smallest absolute Gasteiger partial charge is 0.263 e. The third kappa shape index (κ3) is 2.32. The molecule has 1 unspecified atom stereocenters. The molecule has 0 radical (unpaired) electrons. The van der Waals surface area contributed by atoms with Gasteiger partial charge >= 0.3 is 0 Å². The van der Waals surface area contributed by atoms with Crippen molar-refractivity contribution in [3.8, 4) is 0 Å². The second kappa shape index (κ2) is 4.88. The van der Waals surface area contributed by atoms with Gasteiger partial charge in [0.1, 0.15) is 0 Å². The molecule has 0 fully saturated rings. The first-order valence-corrected chi connectivity index (χ1v) is 6.12. The van der Waals surface area contributed by atoms with E-state index in [0.29, 0.717) is 5.56 Å². The summed E-state index contributed by atoms with van der Waals surface area (Å²) in [6.45, 7) is 3.70. The molecule has 6 heteroatoms. The van der Waals surface area contributed by atoms with E-state index in [1.807, 2.05) is 19.9 Å². The summed E-state index contributed by atoms with van der Waals surface area (Å²) in [5.41, 5.74) is 0.461. The largest absolute Gasteiger partial charge is 0.275 e. The number of hydrogen-bond donors (Lipinski definition) is 0. The molecule has 0 aromatic heterocycles. The van der Waals surface area contributed by atoms with Crippen LogP contribution in [0.2, 0.25) is 0 Å². The van der Waals surface area contributed by atoms with E-state index >= 15 is 0 Å². The number of rotatable bonds is 3. The van der Waals surface area contributed by atoms with Crippen LogP contribution in [0.4, 0.5) is 0 Å². The molecule has 6 nitrogen and oxygen atoms in total. The third-order valence-corrected chi connectivity index (χ3v) is 3.36. The number of hydrogen-bond acceptors (Lipinski definition) is 4. The number of benzene rings is 1. The summed E-state index contributed by atoms with van der Waals surface area (Å²) in [4.78, 5) is 21.4. The Morgan fingerprint density at radius 3 is 2.20 bits per heavy atom. The van der Waals surface area contributed by atoms with Gasteiger partial charge in [0.05, 0.1) is 11.0 Å². The fourth-order valence-corrected chi connectivity index (χ4v) is 2.48. The topological polar surface area (TPSA) is 86.3 Å². The molecule has 0 N–H and O–H groups in total. The molecule has 1 aliphatic carbocycles. The van der Waals surface area contributed by atoms with E-state index in [2.05, 4.69) is 0 Å². The maximum Gasteiger partial charge on any atom is 0.275 e. The number of nitrogens with zero attached hydrogens (tertiary/aromatic N) is 2. The maximum absolute atomic E-state index is 11.6. The Bertz CT molecular complexity index is 628. The molecule has 1 aromatic carbocycles. The minimum absolute atomic E-state index is 0.111. The summed E-state index contributed by atoms with van der Waals surface area (Å²) in [5.74, 6) is 0. The van der Waals surface area contributed by atoms with Crippen LogP contribution in [0.25, 0.3) is 0 Å². The lowest BCUT2D eigenvalue weighted by atomic mass is 9.82. The summed E-state index contributed by atoms with van der Waals surface area (Å²) in [5, 5.41) is 22.5. The Kier molecular flexibility index (Phi) is 3.40. The zero-order chi connectivity index (χ0) is 14.9. The maximum atomic E-state index is 11.6. The van der Waals surface area contributed by atoms with Gasteiger partial charge in [-0.1, -0.05) is 23.3 Å². The van der Waals surface area contributed by atoms with Gasteiger partial charge in [-0.3, -0.25) is 20.2 Å². The molecular weight excluding hydrogens is 260 g/mol. The SMILES string of the molecule is Cc1cc(C)cc(C2([N+](=O)[O-])C=C([N+](=O)[O-])C=CC2)c1. The normalized spacial score (nSPS) is 21.4. The van der Waals surface area contributed by atoms with E-state index in [-0.39, 0.29) is 12.1 Å². The number of aryl methyl sites for hydroxylation is 2. The van der Waals surface area contributed by atoms with E-state index in [9.17, 15) is 20.2 Å². The molecule has 2 rings (SSSR count). The Morgan fingerprint density at radius 1 is 1.10 bits per heavy atom. The Balaban J connectivity index is 2.65. The van der Waals surface area contributed by atoms with Gasteiger partial charge in [0.25, 0.3) is 11.2 Å². The molecule has 1 aromatic rings. The highest BCUT2D eigenvalue weighted by molar-refractivity contribution is 5.38. The van der Waals surface area contributed by atoms with Gasteiger partial charge in [0.15, 0.2) is 0 Å². The first kappa shape index (κ1) is 13.9. The van der Waals surface area contributed by atoms with Gasteiger partial charge in [0, 0.05) is 23.0 Å². The van der Waals surface area contributed by atoms with Gasteiger partial charge in [-0.25, -0.2) is 0 Å². The molecule has 0 saturated carbocycles. The van der Waals surface area contributed by atoms with Crippen molar-refractivity contribution in [2.45, 2.75) is 25.8 Å². The average Bonchev–Trinajstić information content (AvgIpc) is 2.37. The molecule has 0 spiro atoms. The van der Waals surface area contributed by atoms with E-state index in [0.717, 1.165) is 17.2 Å². The molecule has 1 atom stereocenters. The van der Waals surface area contributed by atoms with Crippen molar-refractivity contribution in [3.05, 3.63) is 79.0 Å². The van der Waals surface area contributed by atoms with Crippen LogP contribution in [0.3, 0.4) is 0 Å². The first-order chi connectivity index (χ1) is 9.35. The fraction of sp³-hybridized carbons (Fsp3) is 0.286. The van der Waals surface area contributed by atoms with Crippen LogP contribution in [0.5, 0.6) is 0 Å². The minimum Gasteiger partial charge on any atom is -0.263 e. The van der Waals surface area contributed by atoms with E-state index in [1.54, 1.807) is 12.1 Å².